The molecule has 10 nitrogen and oxygen atoms in total. The molecular weight excluding hydrogens is 448 g/mol. The number of aromatic nitrogens is 3. The van der Waals surface area contributed by atoms with E-state index in [0.717, 1.165) is 19.4 Å². The van der Waals surface area contributed by atoms with Crippen LogP contribution in [0.4, 0.5) is 5.95 Å². The number of carbonyl (C=O) groups is 2. The van der Waals surface area contributed by atoms with Gasteiger partial charge in [0.15, 0.2) is 12.4 Å². The van der Waals surface area contributed by atoms with E-state index in [1.807, 2.05) is 23.6 Å². The number of rotatable bonds is 9. The summed E-state index contributed by atoms with van der Waals surface area (Å²) in [5, 5.41) is 0. The molecule has 10 heteroatoms. The van der Waals surface area contributed by atoms with Crippen molar-refractivity contribution >= 4 is 28.7 Å². The van der Waals surface area contributed by atoms with Crippen molar-refractivity contribution in [2.24, 2.45) is 11.5 Å². The molecule has 0 radical (unpaired) electrons. The van der Waals surface area contributed by atoms with E-state index < -0.39 is 5.91 Å². The van der Waals surface area contributed by atoms with E-state index >= 15 is 0 Å². The highest BCUT2D eigenvalue weighted by Gasteiger charge is 2.24. The number of allylic oxidation sites excluding steroid dienone is 2. The number of benzene rings is 1. The van der Waals surface area contributed by atoms with Crippen LogP contribution in [0, 0.1) is 0 Å². The fourth-order valence-corrected chi connectivity index (χ4v) is 4.32. The summed E-state index contributed by atoms with van der Waals surface area (Å²) in [6.45, 7) is 3.36. The number of nitrogens with two attached hydrogens (primary N) is 2. The zero-order valence-corrected chi connectivity index (χ0v) is 19.7. The number of amides is 1. The first kappa shape index (κ1) is 24.2. The Morgan fingerprint density at radius 2 is 2.06 bits per heavy atom. The average Bonchev–Trinajstić information content (AvgIpc) is 3.22. The summed E-state index contributed by atoms with van der Waals surface area (Å²) in [4.78, 5) is 44.6. The van der Waals surface area contributed by atoms with Crippen molar-refractivity contribution in [2.45, 2.75) is 38.9 Å². The number of imidazole rings is 1. The van der Waals surface area contributed by atoms with Crippen molar-refractivity contribution in [3.63, 3.8) is 0 Å². The summed E-state index contributed by atoms with van der Waals surface area (Å²) in [6, 6.07) is 8.38. The van der Waals surface area contributed by atoms with Gasteiger partial charge in [0, 0.05) is 31.9 Å². The normalized spacial score (nSPS) is 16.2. The van der Waals surface area contributed by atoms with E-state index in [4.69, 9.17) is 21.2 Å². The molecular formula is C25H30N6O4. The molecule has 1 amide bonds. The number of nitrogens with zero attached hydrogens (tertiary/aromatic N) is 4. The Morgan fingerprint density at radius 3 is 2.80 bits per heavy atom. The molecule has 184 valence electrons. The summed E-state index contributed by atoms with van der Waals surface area (Å²) >= 11 is 0. The smallest absolute Gasteiger partial charge is 0.277 e. The minimum Gasteiger partial charge on any atom is -0.483 e. The quantitative estimate of drug-likeness (QED) is 0.351. The molecule has 1 aliphatic rings. The number of fused-ring (bicyclic) bond motifs is 1. The molecule has 0 saturated carbocycles. The van der Waals surface area contributed by atoms with Crippen molar-refractivity contribution in [3.8, 4) is 5.75 Å². The maximum Gasteiger partial charge on any atom is 0.277 e. The molecule has 0 bridgehead atoms. The summed E-state index contributed by atoms with van der Waals surface area (Å²) in [7, 11) is 0. The van der Waals surface area contributed by atoms with Gasteiger partial charge < -0.3 is 30.2 Å². The predicted molar refractivity (Wildman–Crippen MR) is 134 cm³/mol. The lowest BCUT2D eigenvalue weighted by Gasteiger charge is -2.31. The standard InChI is InChI=1S/C25H30N6O4/c1-2-3-12-31-23-19(28-25(31)30-11-6-7-17(26)14-30)10-13-29(24(23)34)15-20(32)18-8-4-5-9-21(18)35-16-22(27)33/h2-5,8-10,13,17H,6-7,11-12,14-16,26H2,1H3,(H2,27,33)/b3-2+. The average molecular weight is 479 g/mol. The van der Waals surface area contributed by atoms with Crippen LogP contribution in [0.15, 0.2) is 53.5 Å². The maximum absolute atomic E-state index is 13.5. The first-order valence-corrected chi connectivity index (χ1v) is 11.6. The van der Waals surface area contributed by atoms with Crippen molar-refractivity contribution < 1.29 is 14.3 Å². The van der Waals surface area contributed by atoms with Gasteiger partial charge in [0.25, 0.3) is 11.5 Å². The number of carbonyl (C=O) groups excluding carboxylic acids is 2. The molecule has 1 fully saturated rings. The Labute approximate surface area is 202 Å². The zero-order valence-electron chi connectivity index (χ0n) is 19.7. The summed E-state index contributed by atoms with van der Waals surface area (Å²) < 4.78 is 8.64. The van der Waals surface area contributed by atoms with Crippen LogP contribution in [0.2, 0.25) is 0 Å². The van der Waals surface area contributed by atoms with Gasteiger partial charge in [-0.2, -0.15) is 0 Å². The minimum atomic E-state index is -0.645. The van der Waals surface area contributed by atoms with E-state index in [-0.39, 0.29) is 41.8 Å². The number of piperidine rings is 1. The number of ether oxygens (including phenoxy) is 1. The second-order valence-electron chi connectivity index (χ2n) is 8.60. The number of Topliss-reactive ketones (excluding diaryl/α,β-unsaturated/α-hetero) is 1. The fraction of sp³-hybridized carbons (Fsp3) is 0.360. The summed E-state index contributed by atoms with van der Waals surface area (Å²) in [5.41, 5.74) is 12.3. The van der Waals surface area contributed by atoms with Crippen LogP contribution >= 0.6 is 0 Å². The number of anilines is 1. The molecule has 1 saturated heterocycles. The maximum atomic E-state index is 13.5. The largest absolute Gasteiger partial charge is 0.483 e. The predicted octanol–water partition coefficient (Wildman–Crippen LogP) is 1.45. The van der Waals surface area contributed by atoms with Gasteiger partial charge in [-0.15, -0.1) is 0 Å². The molecule has 1 atom stereocenters. The first-order valence-electron chi connectivity index (χ1n) is 11.6. The van der Waals surface area contributed by atoms with Crippen molar-refractivity contribution in [1.29, 1.82) is 0 Å². The summed E-state index contributed by atoms with van der Waals surface area (Å²) in [5.74, 6) is -0.0195. The molecule has 4 rings (SSSR count). The Kier molecular flexibility index (Phi) is 7.31. The highest BCUT2D eigenvalue weighted by molar-refractivity contribution is 5.98. The number of hydrogen-bond acceptors (Lipinski definition) is 7. The van der Waals surface area contributed by atoms with Crippen LogP contribution < -0.4 is 26.7 Å². The van der Waals surface area contributed by atoms with Gasteiger partial charge in [-0.25, -0.2) is 4.98 Å². The highest BCUT2D eigenvalue weighted by Crippen LogP contribution is 2.24. The van der Waals surface area contributed by atoms with Gasteiger partial charge in [0.05, 0.1) is 17.6 Å². The molecule has 1 unspecified atom stereocenters. The first-order chi connectivity index (χ1) is 16.9. The summed E-state index contributed by atoms with van der Waals surface area (Å²) in [6.07, 6.45) is 7.39. The van der Waals surface area contributed by atoms with Gasteiger partial charge >= 0.3 is 0 Å². The van der Waals surface area contributed by atoms with Crippen LogP contribution in [0.5, 0.6) is 5.75 Å². The molecule has 35 heavy (non-hydrogen) atoms. The van der Waals surface area contributed by atoms with Crippen LogP contribution in [0.25, 0.3) is 11.0 Å². The monoisotopic (exact) mass is 478 g/mol. The Morgan fingerprint density at radius 1 is 1.26 bits per heavy atom. The molecule has 2 aromatic heterocycles. The Bertz CT molecular complexity index is 1330. The zero-order chi connectivity index (χ0) is 24.9. The Hall–Kier alpha value is -3.92. The molecule has 1 aliphatic heterocycles. The van der Waals surface area contributed by atoms with Crippen LogP contribution in [0.1, 0.15) is 30.1 Å². The third-order valence-corrected chi connectivity index (χ3v) is 5.99. The molecule has 4 N–H and O–H groups in total. The second kappa shape index (κ2) is 10.6. The van der Waals surface area contributed by atoms with E-state index in [1.54, 1.807) is 36.5 Å². The van der Waals surface area contributed by atoms with Crippen molar-refractivity contribution in [1.82, 2.24) is 14.1 Å². The minimum absolute atomic E-state index is 0.0601. The number of para-hydroxylation sites is 1. The molecule has 1 aromatic carbocycles. The van der Waals surface area contributed by atoms with Crippen LogP contribution in [0.3, 0.4) is 0 Å². The van der Waals surface area contributed by atoms with Gasteiger partial charge in [-0.1, -0.05) is 24.3 Å². The van der Waals surface area contributed by atoms with Crippen molar-refractivity contribution in [2.75, 3.05) is 24.6 Å². The SMILES string of the molecule is C/C=C/Cn1c(N2CCCC(N)C2)nc2ccn(CC(=O)c3ccccc3OCC(N)=O)c(=O)c21. The van der Waals surface area contributed by atoms with Gasteiger partial charge in [-0.05, 0) is 38.0 Å². The topological polar surface area (TPSA) is 138 Å². The fourth-order valence-electron chi connectivity index (χ4n) is 4.32. The number of ketones is 1. The molecule has 3 aromatic rings. The number of pyridine rings is 1. The van der Waals surface area contributed by atoms with E-state index in [9.17, 15) is 14.4 Å². The van der Waals surface area contributed by atoms with Crippen LogP contribution in [-0.4, -0.2) is 51.5 Å². The van der Waals surface area contributed by atoms with E-state index in [1.165, 1.54) is 4.57 Å². The van der Waals surface area contributed by atoms with Crippen molar-refractivity contribution in [3.05, 3.63) is 64.6 Å². The molecule has 3 heterocycles. The number of primary amides is 1. The number of hydrogen-bond donors (Lipinski definition) is 2. The molecule has 0 aliphatic carbocycles. The lowest BCUT2D eigenvalue weighted by Crippen LogP contribution is -2.44. The van der Waals surface area contributed by atoms with Gasteiger partial charge in [-0.3, -0.25) is 14.4 Å². The lowest BCUT2D eigenvalue weighted by atomic mass is 10.1. The third-order valence-electron chi connectivity index (χ3n) is 5.99. The lowest BCUT2D eigenvalue weighted by molar-refractivity contribution is -0.119. The van der Waals surface area contributed by atoms with Gasteiger partial charge in [0.1, 0.15) is 11.3 Å². The molecule has 0 spiro atoms. The highest BCUT2D eigenvalue weighted by atomic mass is 16.5. The van der Waals surface area contributed by atoms with E-state index in [2.05, 4.69) is 4.90 Å². The Balaban J connectivity index is 1.70. The third kappa shape index (κ3) is 5.27. The van der Waals surface area contributed by atoms with E-state index in [0.29, 0.717) is 30.1 Å². The van der Waals surface area contributed by atoms with Crippen LogP contribution in [-0.2, 0) is 17.9 Å². The van der Waals surface area contributed by atoms with Gasteiger partial charge in [0.2, 0.25) is 5.95 Å². The second-order valence-corrected chi connectivity index (χ2v) is 8.60.